The molecule has 0 amide bonds. The number of nitrogens with zero attached hydrogens (tertiary/aromatic N) is 2. The lowest BCUT2D eigenvalue weighted by Crippen LogP contribution is -2.43. The number of likely N-dealkylation sites (tertiary alicyclic amines) is 1. The van der Waals surface area contributed by atoms with Crippen molar-refractivity contribution >= 4 is 5.96 Å². The molecule has 0 saturated carbocycles. The summed E-state index contributed by atoms with van der Waals surface area (Å²) in [6.07, 6.45) is 3.88. The summed E-state index contributed by atoms with van der Waals surface area (Å²) >= 11 is 0. The van der Waals surface area contributed by atoms with E-state index in [1.54, 1.807) is 0 Å². The largest absolute Gasteiger partial charge is 0.357 e. The molecule has 0 radical (unpaired) electrons. The summed E-state index contributed by atoms with van der Waals surface area (Å²) in [5, 5.41) is 6.62. The Balaban J connectivity index is 1.95. The van der Waals surface area contributed by atoms with Gasteiger partial charge in [-0.1, -0.05) is 36.8 Å². The normalized spacial score (nSPS) is 18.7. The lowest BCUT2D eigenvalue weighted by molar-refractivity contribution is 0.145. The predicted molar refractivity (Wildman–Crippen MR) is 94.1 cm³/mol. The Labute approximate surface area is 135 Å². The summed E-state index contributed by atoms with van der Waals surface area (Å²) in [4.78, 5) is 7.37. The number of aliphatic imine (C=N–C) groups is 1. The van der Waals surface area contributed by atoms with E-state index in [4.69, 9.17) is 4.99 Å². The Kier molecular flexibility index (Phi) is 7.23. The molecule has 122 valence electrons. The van der Waals surface area contributed by atoms with E-state index in [-0.39, 0.29) is 0 Å². The second-order valence-corrected chi connectivity index (χ2v) is 5.86. The minimum atomic E-state index is 0.557. The van der Waals surface area contributed by atoms with Crippen LogP contribution in [-0.4, -0.2) is 43.1 Å². The number of nitrogens with one attached hydrogen (secondary N) is 2. The number of rotatable bonds is 6. The molecule has 4 heteroatoms. The number of benzene rings is 1. The molecule has 0 aliphatic carbocycles. The van der Waals surface area contributed by atoms with Crippen molar-refractivity contribution < 1.29 is 0 Å². The van der Waals surface area contributed by atoms with Gasteiger partial charge in [0, 0.05) is 25.7 Å². The maximum atomic E-state index is 4.77. The van der Waals surface area contributed by atoms with Gasteiger partial charge in [0.1, 0.15) is 0 Å². The Hall–Kier alpha value is -1.55. The Morgan fingerprint density at radius 1 is 1.14 bits per heavy atom. The fourth-order valence-corrected chi connectivity index (χ4v) is 3.00. The number of hydrogen-bond donors (Lipinski definition) is 2. The molecule has 1 aromatic rings. The molecule has 1 unspecified atom stereocenters. The van der Waals surface area contributed by atoms with Crippen LogP contribution in [0.25, 0.3) is 0 Å². The SMILES string of the molecule is CCNC(=NCC1CCCCN1Cc1ccccc1)NCC. The summed E-state index contributed by atoms with van der Waals surface area (Å²) in [5.74, 6) is 0.940. The van der Waals surface area contributed by atoms with Gasteiger partial charge in [-0.25, -0.2) is 0 Å². The molecule has 0 aromatic heterocycles. The quantitative estimate of drug-likeness (QED) is 0.627. The zero-order valence-electron chi connectivity index (χ0n) is 14.0. The van der Waals surface area contributed by atoms with Gasteiger partial charge in [0.25, 0.3) is 0 Å². The minimum absolute atomic E-state index is 0.557. The van der Waals surface area contributed by atoms with E-state index in [2.05, 4.69) is 59.7 Å². The molecule has 1 atom stereocenters. The Bertz CT molecular complexity index is 436. The summed E-state index contributed by atoms with van der Waals surface area (Å²) in [6, 6.07) is 11.3. The van der Waals surface area contributed by atoms with Crippen LogP contribution in [0.4, 0.5) is 0 Å². The molecule has 1 aromatic carbocycles. The predicted octanol–water partition coefficient (Wildman–Crippen LogP) is 2.62. The van der Waals surface area contributed by atoms with Crippen LogP contribution in [0.1, 0.15) is 38.7 Å². The highest BCUT2D eigenvalue weighted by Crippen LogP contribution is 2.19. The van der Waals surface area contributed by atoms with Gasteiger partial charge >= 0.3 is 0 Å². The van der Waals surface area contributed by atoms with Gasteiger partial charge in [-0.3, -0.25) is 9.89 Å². The first-order valence-corrected chi connectivity index (χ1v) is 8.63. The van der Waals surface area contributed by atoms with Crippen LogP contribution >= 0.6 is 0 Å². The molecule has 22 heavy (non-hydrogen) atoms. The molecule has 0 bridgehead atoms. The van der Waals surface area contributed by atoms with Crippen molar-refractivity contribution in [2.45, 2.75) is 45.7 Å². The molecule has 1 fully saturated rings. The molecule has 0 spiro atoms. The average Bonchev–Trinajstić information content (AvgIpc) is 2.55. The van der Waals surface area contributed by atoms with E-state index >= 15 is 0 Å². The number of guanidine groups is 1. The fraction of sp³-hybridized carbons (Fsp3) is 0.611. The second kappa shape index (κ2) is 9.46. The summed E-state index contributed by atoms with van der Waals surface area (Å²) in [5.41, 5.74) is 1.40. The molecule has 2 rings (SSSR count). The first-order valence-electron chi connectivity index (χ1n) is 8.63. The number of piperidine rings is 1. The van der Waals surface area contributed by atoms with Crippen LogP contribution in [0.15, 0.2) is 35.3 Å². The monoisotopic (exact) mass is 302 g/mol. The first-order chi connectivity index (χ1) is 10.8. The van der Waals surface area contributed by atoms with Gasteiger partial charge in [-0.05, 0) is 38.8 Å². The molecule has 1 saturated heterocycles. The standard InChI is InChI=1S/C18H30N4/c1-3-19-18(20-4-2)21-14-17-12-8-9-13-22(17)15-16-10-6-5-7-11-16/h5-7,10-11,17H,3-4,8-9,12-15H2,1-2H3,(H2,19,20,21). The van der Waals surface area contributed by atoms with Gasteiger partial charge in [-0.2, -0.15) is 0 Å². The van der Waals surface area contributed by atoms with E-state index < -0.39 is 0 Å². The van der Waals surface area contributed by atoms with E-state index in [0.29, 0.717) is 6.04 Å². The number of hydrogen-bond acceptors (Lipinski definition) is 2. The maximum absolute atomic E-state index is 4.77. The van der Waals surface area contributed by atoms with Crippen molar-refractivity contribution in [2.75, 3.05) is 26.2 Å². The van der Waals surface area contributed by atoms with Crippen molar-refractivity contribution in [3.05, 3.63) is 35.9 Å². The van der Waals surface area contributed by atoms with Crippen LogP contribution in [-0.2, 0) is 6.54 Å². The summed E-state index contributed by atoms with van der Waals surface area (Å²) in [6.45, 7) is 9.13. The highest BCUT2D eigenvalue weighted by Gasteiger charge is 2.22. The fourth-order valence-electron chi connectivity index (χ4n) is 3.00. The topological polar surface area (TPSA) is 39.7 Å². The summed E-state index contributed by atoms with van der Waals surface area (Å²) < 4.78 is 0. The van der Waals surface area contributed by atoms with Crippen molar-refractivity contribution in [3.63, 3.8) is 0 Å². The minimum Gasteiger partial charge on any atom is -0.357 e. The van der Waals surface area contributed by atoms with Crippen molar-refractivity contribution in [1.29, 1.82) is 0 Å². The van der Waals surface area contributed by atoms with Gasteiger partial charge < -0.3 is 10.6 Å². The van der Waals surface area contributed by atoms with Crippen LogP contribution < -0.4 is 10.6 Å². The Morgan fingerprint density at radius 2 is 1.86 bits per heavy atom. The average molecular weight is 302 g/mol. The van der Waals surface area contributed by atoms with Crippen molar-refractivity contribution in [1.82, 2.24) is 15.5 Å². The van der Waals surface area contributed by atoms with Crippen LogP contribution in [0, 0.1) is 0 Å². The maximum Gasteiger partial charge on any atom is 0.191 e. The van der Waals surface area contributed by atoms with E-state index in [9.17, 15) is 0 Å². The van der Waals surface area contributed by atoms with E-state index in [1.165, 1.54) is 31.4 Å². The van der Waals surface area contributed by atoms with Gasteiger partial charge in [0.2, 0.25) is 0 Å². The third-order valence-corrected chi connectivity index (χ3v) is 4.13. The van der Waals surface area contributed by atoms with Gasteiger partial charge in [0.15, 0.2) is 5.96 Å². The molecule has 2 N–H and O–H groups in total. The zero-order valence-corrected chi connectivity index (χ0v) is 14.0. The lowest BCUT2D eigenvalue weighted by atomic mass is 10.0. The van der Waals surface area contributed by atoms with Crippen LogP contribution in [0.5, 0.6) is 0 Å². The van der Waals surface area contributed by atoms with E-state index in [1.807, 2.05) is 0 Å². The van der Waals surface area contributed by atoms with Gasteiger partial charge in [0.05, 0.1) is 6.54 Å². The third-order valence-electron chi connectivity index (χ3n) is 4.13. The third kappa shape index (κ3) is 5.34. The second-order valence-electron chi connectivity index (χ2n) is 5.86. The van der Waals surface area contributed by atoms with Gasteiger partial charge in [-0.15, -0.1) is 0 Å². The molecule has 1 aliphatic rings. The highest BCUT2D eigenvalue weighted by molar-refractivity contribution is 5.79. The molecular formula is C18H30N4. The zero-order chi connectivity index (χ0) is 15.6. The lowest BCUT2D eigenvalue weighted by Gasteiger charge is -2.35. The smallest absolute Gasteiger partial charge is 0.191 e. The molecule has 1 aliphatic heterocycles. The Morgan fingerprint density at radius 3 is 2.55 bits per heavy atom. The van der Waals surface area contributed by atoms with Crippen LogP contribution in [0.3, 0.4) is 0 Å². The van der Waals surface area contributed by atoms with Crippen molar-refractivity contribution in [3.8, 4) is 0 Å². The molecule has 4 nitrogen and oxygen atoms in total. The molecule has 1 heterocycles. The summed E-state index contributed by atoms with van der Waals surface area (Å²) in [7, 11) is 0. The molecular weight excluding hydrogens is 272 g/mol. The highest BCUT2D eigenvalue weighted by atomic mass is 15.2. The van der Waals surface area contributed by atoms with Crippen molar-refractivity contribution in [2.24, 2.45) is 4.99 Å². The first kappa shape index (κ1) is 16.8. The van der Waals surface area contributed by atoms with E-state index in [0.717, 1.165) is 32.1 Å². The van der Waals surface area contributed by atoms with Crippen LogP contribution in [0.2, 0.25) is 0 Å².